The maximum Gasteiger partial charge on any atom is 0.0884 e. The number of hydrogen-bond acceptors (Lipinski definition) is 4. The Bertz CT molecular complexity index is 137. The molecule has 0 aromatic carbocycles. The summed E-state index contributed by atoms with van der Waals surface area (Å²) in [5.41, 5.74) is -0.960. The second-order valence-electron chi connectivity index (χ2n) is 3.02. The van der Waals surface area contributed by atoms with E-state index in [-0.39, 0.29) is 19.8 Å². The second-order valence-corrected chi connectivity index (χ2v) is 3.02. The molecule has 0 heterocycles. The molecular weight excluding hydrogens is 194 g/mol. The first-order valence-electron chi connectivity index (χ1n) is 5.47. The smallest absolute Gasteiger partial charge is 0.0884 e. The van der Waals surface area contributed by atoms with Crippen LogP contribution in [0.25, 0.3) is 0 Å². The molecule has 0 spiro atoms. The molecule has 0 aliphatic heterocycles. The standard InChI is InChI=1S/C9H19NO3.C2H6/c1-2-3-4-5-10-9(6-11,7-12)8-13;1-2/h3-4,10-13H,2,5-8H2,1H3;1-2H3/b4-3+;. The fraction of sp³-hybridized carbons (Fsp3) is 0.818. The highest BCUT2D eigenvalue weighted by molar-refractivity contribution is 4.91. The quantitative estimate of drug-likeness (QED) is 0.464. The maximum absolute atomic E-state index is 8.93. The largest absolute Gasteiger partial charge is 0.394 e. The Hall–Kier alpha value is -0.420. The summed E-state index contributed by atoms with van der Waals surface area (Å²) < 4.78 is 0. The molecule has 0 atom stereocenters. The molecule has 0 aromatic rings. The first kappa shape index (κ1) is 17.0. The number of nitrogens with one attached hydrogen (secondary N) is 1. The molecule has 0 aromatic heterocycles. The highest BCUT2D eigenvalue weighted by Gasteiger charge is 2.26. The van der Waals surface area contributed by atoms with Gasteiger partial charge in [-0.25, -0.2) is 0 Å². The predicted molar refractivity (Wildman–Crippen MR) is 62.8 cm³/mol. The Morgan fingerprint density at radius 3 is 1.80 bits per heavy atom. The van der Waals surface area contributed by atoms with Crippen molar-refractivity contribution < 1.29 is 15.3 Å². The molecule has 0 rings (SSSR count). The van der Waals surface area contributed by atoms with Crippen molar-refractivity contribution >= 4 is 0 Å². The Morgan fingerprint density at radius 1 is 1.00 bits per heavy atom. The van der Waals surface area contributed by atoms with Crippen LogP contribution in [0.2, 0.25) is 0 Å². The van der Waals surface area contributed by atoms with Gasteiger partial charge in [-0.2, -0.15) is 0 Å². The summed E-state index contributed by atoms with van der Waals surface area (Å²) in [5.74, 6) is 0. The van der Waals surface area contributed by atoms with E-state index in [1.807, 2.05) is 32.9 Å². The first-order chi connectivity index (χ1) is 7.24. The summed E-state index contributed by atoms with van der Waals surface area (Å²) in [6.07, 6.45) is 4.83. The lowest BCUT2D eigenvalue weighted by atomic mass is 10.0. The minimum Gasteiger partial charge on any atom is -0.394 e. The zero-order valence-electron chi connectivity index (χ0n) is 10.0. The third-order valence-electron chi connectivity index (χ3n) is 1.91. The van der Waals surface area contributed by atoms with Gasteiger partial charge in [0.2, 0.25) is 0 Å². The highest BCUT2D eigenvalue weighted by Crippen LogP contribution is 2.00. The van der Waals surface area contributed by atoms with E-state index in [2.05, 4.69) is 5.32 Å². The van der Waals surface area contributed by atoms with Gasteiger partial charge in [0.05, 0.1) is 25.4 Å². The maximum atomic E-state index is 8.93. The molecule has 0 radical (unpaired) electrons. The Balaban J connectivity index is 0. The highest BCUT2D eigenvalue weighted by atomic mass is 16.3. The molecule has 0 fully saturated rings. The molecule has 0 unspecified atom stereocenters. The summed E-state index contributed by atoms with van der Waals surface area (Å²) in [6, 6.07) is 0. The van der Waals surface area contributed by atoms with Crippen molar-refractivity contribution in [2.75, 3.05) is 26.4 Å². The number of aliphatic hydroxyl groups excluding tert-OH is 3. The molecule has 0 bridgehead atoms. The monoisotopic (exact) mass is 219 g/mol. The zero-order chi connectivity index (χ0) is 12.2. The van der Waals surface area contributed by atoms with Crippen LogP contribution < -0.4 is 5.32 Å². The molecule has 0 saturated heterocycles. The van der Waals surface area contributed by atoms with Crippen molar-refractivity contribution in [3.05, 3.63) is 12.2 Å². The lowest BCUT2D eigenvalue weighted by molar-refractivity contribution is 0.0451. The van der Waals surface area contributed by atoms with Crippen LogP contribution >= 0.6 is 0 Å². The molecule has 15 heavy (non-hydrogen) atoms. The van der Waals surface area contributed by atoms with Crippen LogP contribution in [0.1, 0.15) is 27.2 Å². The van der Waals surface area contributed by atoms with Crippen LogP contribution in [0, 0.1) is 0 Å². The summed E-state index contributed by atoms with van der Waals surface area (Å²) in [7, 11) is 0. The molecule has 0 saturated carbocycles. The lowest BCUT2D eigenvalue weighted by Gasteiger charge is -2.28. The Labute approximate surface area is 92.6 Å². The average molecular weight is 219 g/mol. The van der Waals surface area contributed by atoms with Gasteiger partial charge in [-0.1, -0.05) is 32.9 Å². The molecular formula is C11H25NO3. The first-order valence-corrected chi connectivity index (χ1v) is 5.47. The van der Waals surface area contributed by atoms with Gasteiger partial charge in [0.25, 0.3) is 0 Å². The second kappa shape index (κ2) is 11.7. The number of allylic oxidation sites excluding steroid dienone is 1. The average Bonchev–Trinajstić information content (AvgIpc) is 2.33. The van der Waals surface area contributed by atoms with Gasteiger partial charge >= 0.3 is 0 Å². The van der Waals surface area contributed by atoms with E-state index < -0.39 is 5.54 Å². The molecule has 0 aliphatic rings. The Morgan fingerprint density at radius 2 is 1.47 bits per heavy atom. The molecule has 0 amide bonds. The summed E-state index contributed by atoms with van der Waals surface area (Å²) in [6.45, 7) is 5.73. The van der Waals surface area contributed by atoms with Crippen LogP contribution in [0.4, 0.5) is 0 Å². The van der Waals surface area contributed by atoms with Gasteiger partial charge in [0.15, 0.2) is 0 Å². The fourth-order valence-corrected chi connectivity index (χ4v) is 0.843. The minimum absolute atomic E-state index is 0.278. The molecule has 4 N–H and O–H groups in total. The van der Waals surface area contributed by atoms with Crippen molar-refractivity contribution in [3.63, 3.8) is 0 Å². The predicted octanol–water partition coefficient (Wildman–Crippen LogP) is 0.284. The molecule has 4 nitrogen and oxygen atoms in total. The molecule has 92 valence electrons. The number of aliphatic hydroxyl groups is 3. The third-order valence-corrected chi connectivity index (χ3v) is 1.91. The molecule has 0 aliphatic carbocycles. The van der Waals surface area contributed by atoms with Gasteiger partial charge < -0.3 is 20.6 Å². The van der Waals surface area contributed by atoms with Crippen molar-refractivity contribution in [1.82, 2.24) is 5.32 Å². The zero-order valence-corrected chi connectivity index (χ0v) is 10.0. The van der Waals surface area contributed by atoms with Crippen LogP contribution in [0.15, 0.2) is 12.2 Å². The minimum atomic E-state index is -0.960. The van der Waals surface area contributed by atoms with E-state index in [9.17, 15) is 0 Å². The van der Waals surface area contributed by atoms with E-state index in [0.29, 0.717) is 6.54 Å². The van der Waals surface area contributed by atoms with Crippen molar-refractivity contribution in [2.24, 2.45) is 0 Å². The van der Waals surface area contributed by atoms with Crippen molar-refractivity contribution in [2.45, 2.75) is 32.7 Å². The number of rotatable bonds is 7. The van der Waals surface area contributed by atoms with E-state index in [1.54, 1.807) is 0 Å². The van der Waals surface area contributed by atoms with Gasteiger partial charge in [-0.15, -0.1) is 0 Å². The van der Waals surface area contributed by atoms with E-state index in [0.717, 1.165) is 6.42 Å². The Kier molecular flexibility index (Phi) is 13.2. The van der Waals surface area contributed by atoms with Gasteiger partial charge in [0, 0.05) is 6.54 Å². The summed E-state index contributed by atoms with van der Waals surface area (Å²) in [4.78, 5) is 0. The SMILES string of the molecule is CC.CC/C=C/CNC(CO)(CO)CO. The van der Waals surface area contributed by atoms with E-state index >= 15 is 0 Å². The summed E-state index contributed by atoms with van der Waals surface area (Å²) >= 11 is 0. The van der Waals surface area contributed by atoms with E-state index in [4.69, 9.17) is 15.3 Å². The molecule has 4 heteroatoms. The summed E-state index contributed by atoms with van der Waals surface area (Å²) in [5, 5.41) is 29.7. The van der Waals surface area contributed by atoms with Crippen LogP contribution in [-0.4, -0.2) is 47.2 Å². The number of hydrogen-bond donors (Lipinski definition) is 4. The third kappa shape index (κ3) is 7.50. The van der Waals surface area contributed by atoms with Crippen LogP contribution in [0.5, 0.6) is 0 Å². The van der Waals surface area contributed by atoms with Crippen molar-refractivity contribution in [1.29, 1.82) is 0 Å². The normalized spacial score (nSPS) is 11.3. The topological polar surface area (TPSA) is 72.7 Å². The van der Waals surface area contributed by atoms with Crippen LogP contribution in [0.3, 0.4) is 0 Å². The fourth-order valence-electron chi connectivity index (χ4n) is 0.843. The lowest BCUT2D eigenvalue weighted by Crippen LogP contribution is -2.54. The van der Waals surface area contributed by atoms with Gasteiger partial charge in [-0.3, -0.25) is 0 Å². The van der Waals surface area contributed by atoms with Gasteiger partial charge in [0.1, 0.15) is 0 Å². The van der Waals surface area contributed by atoms with Crippen LogP contribution in [-0.2, 0) is 0 Å². The van der Waals surface area contributed by atoms with Crippen molar-refractivity contribution in [3.8, 4) is 0 Å². The van der Waals surface area contributed by atoms with Gasteiger partial charge in [-0.05, 0) is 6.42 Å². The van der Waals surface area contributed by atoms with E-state index in [1.165, 1.54) is 0 Å².